The van der Waals surface area contributed by atoms with Gasteiger partial charge in [-0.15, -0.1) is 0 Å². The van der Waals surface area contributed by atoms with Crippen LogP contribution in [0.1, 0.15) is 0 Å². The first-order valence-corrected chi connectivity index (χ1v) is 14.4. The van der Waals surface area contributed by atoms with Crippen molar-refractivity contribution in [3.63, 3.8) is 0 Å². The first kappa shape index (κ1) is 22.7. The van der Waals surface area contributed by atoms with E-state index in [-0.39, 0.29) is 0 Å². The van der Waals surface area contributed by atoms with Crippen molar-refractivity contribution < 1.29 is 4.89 Å². The van der Waals surface area contributed by atoms with Crippen LogP contribution >= 0.6 is 7.49 Å². The standard InChI is InChI=1S/C34H24N2OP/c37-38(32-15-5-10-24-8-1-3-13-29(24)32,33-16-6-11-25-9-2-4-14-30(25)33)28-20-17-26(18-21-28)31-22-19-27-12-7-23-35-34(27)36-31/h1-23,37H/q+1. The van der Waals surface area contributed by atoms with Gasteiger partial charge in [0.05, 0.1) is 5.69 Å². The molecular formula is C34H24N2OP+. The van der Waals surface area contributed by atoms with E-state index in [4.69, 9.17) is 4.98 Å². The highest BCUT2D eigenvalue weighted by Gasteiger charge is 2.46. The Bertz CT molecular complexity index is 1860. The average molecular weight is 508 g/mol. The van der Waals surface area contributed by atoms with Crippen LogP contribution in [0.25, 0.3) is 43.8 Å². The first-order valence-electron chi connectivity index (χ1n) is 12.6. The molecule has 2 aromatic heterocycles. The average Bonchev–Trinajstić information content (AvgIpc) is 3.00. The minimum absolute atomic E-state index is 0.726. The Morgan fingerprint density at radius 3 is 1.74 bits per heavy atom. The van der Waals surface area contributed by atoms with E-state index in [1.165, 1.54) is 0 Å². The van der Waals surface area contributed by atoms with E-state index in [1.54, 1.807) is 6.20 Å². The van der Waals surface area contributed by atoms with Gasteiger partial charge in [0, 0.05) is 27.9 Å². The summed E-state index contributed by atoms with van der Waals surface area (Å²) in [5.41, 5.74) is 2.58. The van der Waals surface area contributed by atoms with Crippen LogP contribution in [0.15, 0.2) is 140 Å². The summed E-state index contributed by atoms with van der Waals surface area (Å²) in [4.78, 5) is 22.2. The van der Waals surface area contributed by atoms with Gasteiger partial charge in [-0.05, 0) is 71.4 Å². The van der Waals surface area contributed by atoms with E-state index in [2.05, 4.69) is 77.8 Å². The molecule has 0 fully saturated rings. The number of nitrogens with zero attached hydrogens (tertiary/aromatic N) is 2. The van der Waals surface area contributed by atoms with E-state index >= 15 is 0 Å². The van der Waals surface area contributed by atoms with Gasteiger partial charge in [-0.3, -0.25) is 0 Å². The van der Waals surface area contributed by atoms with Crippen molar-refractivity contribution in [2.45, 2.75) is 0 Å². The summed E-state index contributed by atoms with van der Waals surface area (Å²) in [5.74, 6) is 0. The molecule has 0 amide bonds. The van der Waals surface area contributed by atoms with Gasteiger partial charge in [0.1, 0.15) is 15.9 Å². The molecule has 0 saturated heterocycles. The molecule has 0 aliphatic carbocycles. The SMILES string of the molecule is O[P+](c1ccc(-c2ccc3cccnc3n2)cc1)(c1cccc2ccccc12)c1cccc2ccccc12. The molecule has 0 unspecified atom stereocenters. The van der Waals surface area contributed by atoms with Crippen molar-refractivity contribution >= 4 is 56.0 Å². The third kappa shape index (κ3) is 3.68. The molecule has 0 aliphatic rings. The molecule has 0 aliphatic heterocycles. The number of hydrogen-bond acceptors (Lipinski definition) is 3. The maximum Gasteiger partial charge on any atom is 0.239 e. The number of pyridine rings is 2. The largest absolute Gasteiger partial charge is 0.239 e. The monoisotopic (exact) mass is 507 g/mol. The van der Waals surface area contributed by atoms with Gasteiger partial charge in [-0.25, -0.2) is 14.9 Å². The minimum atomic E-state index is -3.00. The molecule has 7 rings (SSSR count). The molecule has 0 saturated carbocycles. The molecule has 38 heavy (non-hydrogen) atoms. The van der Waals surface area contributed by atoms with E-state index in [9.17, 15) is 4.89 Å². The molecule has 0 radical (unpaired) electrons. The van der Waals surface area contributed by atoms with E-state index in [0.717, 1.165) is 59.7 Å². The van der Waals surface area contributed by atoms with Crippen molar-refractivity contribution in [3.05, 3.63) is 140 Å². The molecule has 0 atom stereocenters. The zero-order valence-corrected chi connectivity index (χ0v) is 21.5. The Balaban J connectivity index is 1.45. The maximum atomic E-state index is 13.0. The summed E-state index contributed by atoms with van der Waals surface area (Å²) in [7, 11) is -3.00. The highest BCUT2D eigenvalue weighted by molar-refractivity contribution is 7.91. The molecule has 2 heterocycles. The van der Waals surface area contributed by atoms with Crippen molar-refractivity contribution in [3.8, 4) is 11.3 Å². The lowest BCUT2D eigenvalue weighted by atomic mass is 10.1. The van der Waals surface area contributed by atoms with E-state index in [1.807, 2.05) is 60.7 Å². The fourth-order valence-corrected chi connectivity index (χ4v) is 8.46. The molecule has 0 bridgehead atoms. The fourth-order valence-electron chi connectivity index (χ4n) is 5.35. The summed E-state index contributed by atoms with van der Waals surface area (Å²) < 4.78 is 0. The van der Waals surface area contributed by atoms with Gasteiger partial charge < -0.3 is 0 Å². The van der Waals surface area contributed by atoms with Crippen LogP contribution in [0.5, 0.6) is 0 Å². The Morgan fingerprint density at radius 1 is 0.500 bits per heavy atom. The van der Waals surface area contributed by atoms with Gasteiger partial charge in [-0.1, -0.05) is 72.8 Å². The van der Waals surface area contributed by atoms with Crippen molar-refractivity contribution in [1.29, 1.82) is 0 Å². The Morgan fingerprint density at radius 2 is 1.08 bits per heavy atom. The fraction of sp³-hybridized carbons (Fsp3) is 0. The van der Waals surface area contributed by atoms with Crippen LogP contribution in [0.4, 0.5) is 0 Å². The highest BCUT2D eigenvalue weighted by atomic mass is 31.2. The number of rotatable bonds is 4. The normalized spacial score (nSPS) is 11.8. The zero-order chi connectivity index (χ0) is 25.5. The second kappa shape index (κ2) is 9.15. The predicted octanol–water partition coefficient (Wildman–Crippen LogP) is 6.80. The molecular weight excluding hydrogens is 483 g/mol. The Labute approximate surface area is 221 Å². The second-order valence-corrected chi connectivity index (χ2v) is 12.2. The predicted molar refractivity (Wildman–Crippen MR) is 161 cm³/mol. The van der Waals surface area contributed by atoms with Crippen molar-refractivity contribution in [2.75, 3.05) is 0 Å². The molecule has 5 aromatic carbocycles. The number of fused-ring (bicyclic) bond motifs is 3. The lowest BCUT2D eigenvalue weighted by molar-refractivity contribution is 0.634. The highest BCUT2D eigenvalue weighted by Crippen LogP contribution is 2.53. The van der Waals surface area contributed by atoms with E-state index in [0.29, 0.717) is 0 Å². The van der Waals surface area contributed by atoms with Gasteiger partial charge in [-0.2, -0.15) is 0 Å². The van der Waals surface area contributed by atoms with Crippen LogP contribution in [-0.4, -0.2) is 14.9 Å². The molecule has 3 nitrogen and oxygen atoms in total. The van der Waals surface area contributed by atoms with Gasteiger partial charge in [0.2, 0.25) is 7.49 Å². The van der Waals surface area contributed by atoms with Gasteiger partial charge in [0.25, 0.3) is 0 Å². The van der Waals surface area contributed by atoms with Crippen LogP contribution in [0, 0.1) is 0 Å². The molecule has 0 spiro atoms. The summed E-state index contributed by atoms with van der Waals surface area (Å²) in [6, 6.07) is 45.4. The quantitative estimate of drug-likeness (QED) is 0.267. The topological polar surface area (TPSA) is 46.0 Å². The third-order valence-electron chi connectivity index (χ3n) is 7.23. The van der Waals surface area contributed by atoms with E-state index < -0.39 is 7.49 Å². The molecule has 180 valence electrons. The maximum absolute atomic E-state index is 13.0. The van der Waals surface area contributed by atoms with Crippen LogP contribution in [0.3, 0.4) is 0 Å². The lowest BCUT2D eigenvalue weighted by Gasteiger charge is -2.23. The number of aromatic nitrogens is 2. The van der Waals surface area contributed by atoms with Crippen LogP contribution < -0.4 is 15.9 Å². The first-order chi connectivity index (χ1) is 18.7. The summed E-state index contributed by atoms with van der Waals surface area (Å²) in [5, 5.41) is 8.24. The molecule has 4 heteroatoms. The van der Waals surface area contributed by atoms with Gasteiger partial charge >= 0.3 is 0 Å². The summed E-state index contributed by atoms with van der Waals surface area (Å²) >= 11 is 0. The zero-order valence-electron chi connectivity index (χ0n) is 20.6. The smallest absolute Gasteiger partial charge is 0.237 e. The Kier molecular flexibility index (Phi) is 5.47. The Hall–Kier alpha value is -4.43. The summed E-state index contributed by atoms with van der Waals surface area (Å²) in [6.07, 6.45) is 1.77. The van der Waals surface area contributed by atoms with Crippen molar-refractivity contribution in [2.24, 2.45) is 0 Å². The second-order valence-electron chi connectivity index (χ2n) is 9.43. The number of hydrogen-bond donors (Lipinski definition) is 1. The number of benzene rings is 5. The van der Waals surface area contributed by atoms with Gasteiger partial charge in [0.15, 0.2) is 5.65 Å². The van der Waals surface area contributed by atoms with Crippen LogP contribution in [-0.2, 0) is 0 Å². The van der Waals surface area contributed by atoms with Crippen LogP contribution in [0.2, 0.25) is 0 Å². The minimum Gasteiger partial charge on any atom is -0.237 e. The summed E-state index contributed by atoms with van der Waals surface area (Å²) in [6.45, 7) is 0. The lowest BCUT2D eigenvalue weighted by Crippen LogP contribution is -2.31. The van der Waals surface area contributed by atoms with Crippen molar-refractivity contribution in [1.82, 2.24) is 9.97 Å². The molecule has 1 N–H and O–H groups in total. The third-order valence-corrected chi connectivity index (χ3v) is 10.5. The molecule has 7 aromatic rings.